The number of aromatic amines is 1. The number of carboxylic acid groups (broad SMARTS) is 1. The highest BCUT2D eigenvalue weighted by Gasteiger charge is 2.40. The van der Waals surface area contributed by atoms with Crippen LogP contribution >= 0.6 is 0 Å². The van der Waals surface area contributed by atoms with Crippen molar-refractivity contribution in [3.63, 3.8) is 0 Å². The minimum Gasteiger partial charge on any atom is -0.475 e. The van der Waals surface area contributed by atoms with Crippen LogP contribution in [0.1, 0.15) is 25.0 Å². The number of hydrogen-bond donors (Lipinski definition) is 3. The molecule has 11 heteroatoms. The zero-order valence-electron chi connectivity index (χ0n) is 16.3. The van der Waals surface area contributed by atoms with Gasteiger partial charge in [-0.15, -0.1) is 0 Å². The number of hydrogen-bond acceptors (Lipinski definition) is 6. The molecule has 0 bridgehead atoms. The predicted octanol–water partition coefficient (Wildman–Crippen LogP) is 2.79. The smallest absolute Gasteiger partial charge is 0.475 e. The Bertz CT molecular complexity index is 787. The third-order valence-electron chi connectivity index (χ3n) is 5.61. The van der Waals surface area contributed by atoms with Gasteiger partial charge in [0.1, 0.15) is 0 Å². The van der Waals surface area contributed by atoms with E-state index in [1.54, 1.807) is 12.4 Å². The van der Waals surface area contributed by atoms with Gasteiger partial charge in [-0.25, -0.2) is 14.8 Å². The summed E-state index contributed by atoms with van der Waals surface area (Å²) in [5, 5.41) is 17.7. The largest absolute Gasteiger partial charge is 0.490 e. The summed E-state index contributed by atoms with van der Waals surface area (Å²) in [5.74, 6) is 0.358. The van der Waals surface area contributed by atoms with E-state index < -0.39 is 12.1 Å². The molecule has 3 heterocycles. The summed E-state index contributed by atoms with van der Waals surface area (Å²) in [6.45, 7) is 4.41. The Kier molecular flexibility index (Phi) is 7.24. The molecule has 8 nitrogen and oxygen atoms in total. The summed E-state index contributed by atoms with van der Waals surface area (Å²) in [6, 6.07) is 3.93. The fourth-order valence-corrected chi connectivity index (χ4v) is 4.29. The third kappa shape index (κ3) is 6.15. The highest BCUT2D eigenvalue weighted by atomic mass is 19.4. The molecule has 2 aliphatic rings. The van der Waals surface area contributed by atoms with Crippen molar-refractivity contribution >= 4 is 11.9 Å². The fraction of sp³-hybridized carbons (Fsp3) is 0.579. The van der Waals surface area contributed by atoms with Crippen molar-refractivity contribution in [2.24, 2.45) is 17.8 Å². The average Bonchev–Trinajstić information content (AvgIpc) is 3.36. The molecule has 1 aliphatic heterocycles. The van der Waals surface area contributed by atoms with Crippen LogP contribution in [0.4, 0.5) is 19.1 Å². The van der Waals surface area contributed by atoms with E-state index in [0.717, 1.165) is 36.8 Å². The molecular formula is C19H25F3N6O2. The number of fused-ring (bicyclic) bond motifs is 1. The zero-order valence-corrected chi connectivity index (χ0v) is 16.3. The topological polar surface area (TPSA) is 107 Å². The summed E-state index contributed by atoms with van der Waals surface area (Å²) in [7, 11) is 0. The molecule has 0 aromatic carbocycles. The van der Waals surface area contributed by atoms with Crippen molar-refractivity contribution in [3.05, 3.63) is 36.4 Å². The van der Waals surface area contributed by atoms with E-state index in [-0.39, 0.29) is 0 Å². The van der Waals surface area contributed by atoms with Crippen LogP contribution in [0.3, 0.4) is 0 Å². The SMILES string of the molecule is O=C(O)C(F)(F)F.c1cnc(NC[C@@H]2CCC[C@@H]3CN(Cc4ccn[nH]4)C[C@@H]32)nc1. The lowest BCUT2D eigenvalue weighted by Gasteiger charge is -2.33. The number of nitrogens with zero attached hydrogens (tertiary/aromatic N) is 4. The molecule has 30 heavy (non-hydrogen) atoms. The summed E-state index contributed by atoms with van der Waals surface area (Å²) in [5.41, 5.74) is 1.22. The maximum absolute atomic E-state index is 10.6. The van der Waals surface area contributed by atoms with Gasteiger partial charge in [-0.1, -0.05) is 6.42 Å². The van der Waals surface area contributed by atoms with Crippen molar-refractivity contribution in [2.45, 2.75) is 32.0 Å². The maximum atomic E-state index is 10.6. The molecule has 2 aromatic rings. The summed E-state index contributed by atoms with van der Waals surface area (Å²) >= 11 is 0. The van der Waals surface area contributed by atoms with E-state index in [2.05, 4.69) is 36.4 Å². The first-order valence-electron chi connectivity index (χ1n) is 9.84. The van der Waals surface area contributed by atoms with Gasteiger partial charge in [-0.2, -0.15) is 18.3 Å². The van der Waals surface area contributed by atoms with Crippen LogP contribution in [0, 0.1) is 17.8 Å². The first-order chi connectivity index (χ1) is 14.3. The molecule has 164 valence electrons. The van der Waals surface area contributed by atoms with Crippen LogP contribution in [0.5, 0.6) is 0 Å². The molecule has 0 spiro atoms. The number of likely N-dealkylation sites (tertiary alicyclic amines) is 1. The number of carboxylic acids is 1. The minimum atomic E-state index is -5.08. The normalized spacial score (nSPS) is 23.9. The number of alkyl halides is 3. The van der Waals surface area contributed by atoms with Gasteiger partial charge in [-0.05, 0) is 42.7 Å². The summed E-state index contributed by atoms with van der Waals surface area (Å²) < 4.78 is 31.7. The molecule has 4 rings (SSSR count). The average molecular weight is 426 g/mol. The molecule has 0 radical (unpaired) electrons. The van der Waals surface area contributed by atoms with Gasteiger partial charge in [0.15, 0.2) is 0 Å². The molecule has 2 fully saturated rings. The second-order valence-electron chi connectivity index (χ2n) is 7.65. The van der Waals surface area contributed by atoms with E-state index >= 15 is 0 Å². The van der Waals surface area contributed by atoms with Gasteiger partial charge < -0.3 is 10.4 Å². The zero-order chi connectivity index (χ0) is 21.6. The second-order valence-corrected chi connectivity index (χ2v) is 7.65. The van der Waals surface area contributed by atoms with Crippen molar-refractivity contribution in [1.82, 2.24) is 25.1 Å². The van der Waals surface area contributed by atoms with Crippen LogP contribution in [0.2, 0.25) is 0 Å². The van der Waals surface area contributed by atoms with Crippen molar-refractivity contribution in [3.8, 4) is 0 Å². The van der Waals surface area contributed by atoms with E-state index in [1.165, 1.54) is 38.0 Å². The van der Waals surface area contributed by atoms with Gasteiger partial charge in [0, 0.05) is 50.5 Å². The Hall–Kier alpha value is -2.69. The molecule has 2 aromatic heterocycles. The van der Waals surface area contributed by atoms with Gasteiger partial charge in [0.2, 0.25) is 5.95 Å². The van der Waals surface area contributed by atoms with E-state index in [1.807, 2.05) is 12.3 Å². The first-order valence-corrected chi connectivity index (χ1v) is 9.84. The molecular weight excluding hydrogens is 401 g/mol. The highest BCUT2D eigenvalue weighted by Crippen LogP contribution is 2.40. The van der Waals surface area contributed by atoms with Crippen LogP contribution in [0.15, 0.2) is 30.7 Å². The maximum Gasteiger partial charge on any atom is 0.490 e. The predicted molar refractivity (Wildman–Crippen MR) is 102 cm³/mol. The fourth-order valence-electron chi connectivity index (χ4n) is 4.29. The Morgan fingerprint density at radius 3 is 2.60 bits per heavy atom. The van der Waals surface area contributed by atoms with Crippen LogP contribution < -0.4 is 5.32 Å². The summed E-state index contributed by atoms with van der Waals surface area (Å²) in [6.07, 6.45) is 4.38. The molecule has 3 atom stereocenters. The van der Waals surface area contributed by atoms with Crippen LogP contribution in [-0.2, 0) is 11.3 Å². The number of carbonyl (C=O) groups is 1. The number of aliphatic carboxylic acids is 1. The number of halogens is 3. The van der Waals surface area contributed by atoms with Gasteiger partial charge in [0.25, 0.3) is 0 Å². The monoisotopic (exact) mass is 426 g/mol. The molecule has 1 aliphatic carbocycles. The van der Waals surface area contributed by atoms with E-state index in [0.29, 0.717) is 0 Å². The number of rotatable bonds is 5. The van der Waals surface area contributed by atoms with Crippen molar-refractivity contribution < 1.29 is 23.1 Å². The molecule has 0 unspecified atom stereocenters. The lowest BCUT2D eigenvalue weighted by atomic mass is 9.74. The molecule has 1 saturated carbocycles. The third-order valence-corrected chi connectivity index (χ3v) is 5.61. The van der Waals surface area contributed by atoms with Gasteiger partial charge >= 0.3 is 12.1 Å². The minimum absolute atomic E-state index is 0.726. The standard InChI is InChI=1S/C17H24N6.C2HF3O2/c1-3-13(9-20-17-18-6-2-7-19-17)16-12-23(10-14(16)4-1)11-15-5-8-21-22-15;3-2(4,5)1(6)7/h2,5-8,13-14,16H,1,3-4,9-12H2,(H,21,22)(H,18,19,20);(H,6,7)/t13-,14+,16+;/m0./s1. The van der Waals surface area contributed by atoms with Gasteiger partial charge in [0.05, 0.1) is 0 Å². The van der Waals surface area contributed by atoms with Gasteiger partial charge in [-0.3, -0.25) is 10.00 Å². The Balaban J connectivity index is 0.000000318. The van der Waals surface area contributed by atoms with E-state index in [4.69, 9.17) is 9.90 Å². The Morgan fingerprint density at radius 1 is 1.23 bits per heavy atom. The lowest BCUT2D eigenvalue weighted by molar-refractivity contribution is -0.192. The van der Waals surface area contributed by atoms with Crippen molar-refractivity contribution in [2.75, 3.05) is 25.0 Å². The highest BCUT2D eigenvalue weighted by molar-refractivity contribution is 5.73. The van der Waals surface area contributed by atoms with Crippen LogP contribution in [-0.4, -0.2) is 62.0 Å². The quantitative estimate of drug-likeness (QED) is 0.675. The van der Waals surface area contributed by atoms with Crippen molar-refractivity contribution in [1.29, 1.82) is 0 Å². The molecule has 0 amide bonds. The van der Waals surface area contributed by atoms with Crippen LogP contribution in [0.25, 0.3) is 0 Å². The lowest BCUT2D eigenvalue weighted by Crippen LogP contribution is -2.32. The number of nitrogens with one attached hydrogen (secondary N) is 2. The summed E-state index contributed by atoms with van der Waals surface area (Å²) in [4.78, 5) is 20.0. The number of aromatic nitrogens is 4. The van der Waals surface area contributed by atoms with E-state index in [9.17, 15) is 13.2 Å². The first kappa shape index (κ1) is 22.0. The molecule has 3 N–H and O–H groups in total. The Morgan fingerprint density at radius 2 is 1.97 bits per heavy atom. The Labute approximate surface area is 171 Å². The second kappa shape index (κ2) is 9.88. The number of H-pyrrole nitrogens is 1. The number of anilines is 1. The molecule has 1 saturated heterocycles.